The van der Waals surface area contributed by atoms with Crippen molar-refractivity contribution in [3.8, 4) is 0 Å². The van der Waals surface area contributed by atoms with Crippen molar-refractivity contribution in [3.05, 3.63) is 0 Å². The molecule has 0 fully saturated rings. The Morgan fingerprint density at radius 3 is 1.00 bits per heavy atom. The van der Waals surface area contributed by atoms with Gasteiger partial charge in [0.05, 0.1) is 21.1 Å². The molecular weight excluding hydrogens is 130 g/mol. The van der Waals surface area contributed by atoms with E-state index in [0.717, 1.165) is 0 Å². The first-order valence-electron chi connectivity index (χ1n) is 3.20. The molecular formula is C6H19NOSi. The van der Waals surface area contributed by atoms with E-state index in [4.69, 9.17) is 0 Å². The van der Waals surface area contributed by atoms with Crippen molar-refractivity contribution in [1.29, 1.82) is 0 Å². The van der Waals surface area contributed by atoms with Crippen molar-refractivity contribution >= 4 is 8.32 Å². The summed E-state index contributed by atoms with van der Waals surface area (Å²) in [5.41, 5.74) is 0. The minimum Gasteiger partial charge on any atom is -0.859 e. The highest BCUT2D eigenvalue weighted by molar-refractivity contribution is 6.66. The smallest absolute Gasteiger partial charge is 0.0661 e. The zero-order valence-corrected chi connectivity index (χ0v) is 8.41. The molecule has 0 aromatic heterocycles. The summed E-state index contributed by atoms with van der Waals surface area (Å²) in [4.78, 5) is 11.7. The third kappa shape index (κ3) is 16400. The quantitative estimate of drug-likeness (QED) is 0.437. The average Bonchev–Trinajstić information content (AvgIpc) is 1.19. The highest BCUT2D eigenvalue weighted by atomic mass is 28.4. The summed E-state index contributed by atoms with van der Waals surface area (Å²) in [6.45, 7) is 5.31. The Morgan fingerprint density at radius 1 is 1.00 bits per heavy atom. The van der Waals surface area contributed by atoms with Gasteiger partial charge < -0.3 is 9.70 Å². The Hall–Kier alpha value is 0.137. The van der Waals surface area contributed by atoms with Gasteiger partial charge >= 0.3 is 0 Å². The van der Waals surface area contributed by atoms with Crippen LogP contribution in [0.15, 0.2) is 0 Å². The van der Waals surface area contributed by atoms with Crippen LogP contribution >= 0.6 is 0 Å². The van der Waals surface area contributed by atoms with E-state index in [-0.39, 0.29) is 0 Å². The summed E-state index contributed by atoms with van der Waals surface area (Å²) in [5.74, 6) is 0. The molecule has 0 aromatic carbocycles. The molecule has 0 atom stereocenters. The highest BCUT2D eigenvalue weighted by Gasteiger charge is 1.86. The van der Waals surface area contributed by atoms with Crippen molar-refractivity contribution in [3.63, 3.8) is 0 Å². The van der Waals surface area contributed by atoms with Crippen molar-refractivity contribution in [2.24, 2.45) is 0 Å². The maximum absolute atomic E-state index is 10.2. The van der Waals surface area contributed by atoms with Crippen LogP contribution in [0.25, 0.3) is 0 Å². The summed E-state index contributed by atoms with van der Waals surface area (Å²) in [7, 11) is 4.39. The van der Waals surface area contributed by atoms with E-state index in [9.17, 15) is 4.80 Å². The van der Waals surface area contributed by atoms with E-state index in [0.29, 0.717) is 0 Å². The standard InChI is InChI=1S/C3H9N.C3H9OSi/c1-4(2)3;1-5(2,3)4/h1-3H3;1-3H3/q;-1/p+1. The maximum Gasteiger partial charge on any atom is 0.0661 e. The Morgan fingerprint density at radius 2 is 1.00 bits per heavy atom. The number of quaternary nitrogens is 1. The number of nitrogens with one attached hydrogen (secondary N) is 1. The Balaban J connectivity index is 0. The predicted octanol–water partition coefficient (Wildman–Crippen LogP) is -1.06. The molecule has 2 nitrogen and oxygen atoms in total. The van der Waals surface area contributed by atoms with E-state index in [1.165, 1.54) is 4.90 Å². The van der Waals surface area contributed by atoms with Crippen LogP contribution in [0, 0.1) is 0 Å². The number of hydrogen-bond acceptors (Lipinski definition) is 1. The average molecular weight is 149 g/mol. The molecule has 58 valence electrons. The lowest BCUT2D eigenvalue weighted by molar-refractivity contribution is -0.836. The summed E-state index contributed by atoms with van der Waals surface area (Å²) in [6.07, 6.45) is 0. The molecule has 0 aromatic rings. The monoisotopic (exact) mass is 149 g/mol. The molecule has 0 aliphatic carbocycles. The lowest BCUT2D eigenvalue weighted by atomic mass is 11.0. The summed E-state index contributed by atoms with van der Waals surface area (Å²) in [5, 5.41) is 0. The van der Waals surface area contributed by atoms with Gasteiger partial charge in [-0.05, 0) is 0 Å². The predicted molar refractivity (Wildman–Crippen MR) is 42.1 cm³/mol. The van der Waals surface area contributed by atoms with Gasteiger partial charge in [-0.25, -0.2) is 0 Å². The van der Waals surface area contributed by atoms with Crippen LogP contribution in [0.4, 0.5) is 0 Å². The second-order valence-electron chi connectivity index (χ2n) is 3.61. The van der Waals surface area contributed by atoms with Gasteiger partial charge in [0.1, 0.15) is 0 Å². The van der Waals surface area contributed by atoms with Gasteiger partial charge in [-0.15, -0.1) is 0 Å². The third-order valence-electron chi connectivity index (χ3n) is 0. The van der Waals surface area contributed by atoms with Gasteiger partial charge in [0.25, 0.3) is 0 Å². The molecule has 0 rings (SSSR count). The molecule has 0 aliphatic heterocycles. The SMILES string of the molecule is C[NH+](C)C.C[Si](C)(C)[O-]. The first-order chi connectivity index (χ1) is 3.73. The summed E-state index contributed by atoms with van der Waals surface area (Å²) < 4.78 is 0. The fourth-order valence-electron chi connectivity index (χ4n) is 0. The molecule has 0 spiro atoms. The lowest BCUT2D eigenvalue weighted by Gasteiger charge is -2.21. The molecule has 1 N–H and O–H groups in total. The van der Waals surface area contributed by atoms with Crippen LogP contribution in [0.3, 0.4) is 0 Å². The second kappa shape index (κ2) is 4.96. The zero-order chi connectivity index (χ0) is 8.08. The molecule has 0 aliphatic rings. The second-order valence-corrected chi connectivity index (χ2v) is 7.84. The molecule has 0 amide bonds. The van der Waals surface area contributed by atoms with Crippen LogP contribution in [0.2, 0.25) is 19.6 Å². The summed E-state index contributed by atoms with van der Waals surface area (Å²) >= 11 is 0. The molecule has 0 radical (unpaired) electrons. The normalized spacial score (nSPS) is 10.7. The van der Waals surface area contributed by atoms with Crippen LogP contribution in [-0.4, -0.2) is 29.5 Å². The first kappa shape index (κ1) is 11.9. The number of rotatable bonds is 0. The van der Waals surface area contributed by atoms with Crippen LogP contribution in [0.5, 0.6) is 0 Å². The fraction of sp³-hybridized carbons (Fsp3) is 1.00. The Labute approximate surface area is 59.6 Å². The number of hydrogen-bond donors (Lipinski definition) is 1. The van der Waals surface area contributed by atoms with E-state index in [1.807, 2.05) is 0 Å². The van der Waals surface area contributed by atoms with Gasteiger partial charge in [-0.3, -0.25) is 0 Å². The molecule has 0 saturated carbocycles. The zero-order valence-electron chi connectivity index (χ0n) is 7.41. The van der Waals surface area contributed by atoms with Crippen LogP contribution in [0.1, 0.15) is 0 Å². The molecule has 3 heteroatoms. The highest BCUT2D eigenvalue weighted by Crippen LogP contribution is 1.82. The minimum atomic E-state index is -1.86. The van der Waals surface area contributed by atoms with Crippen molar-refractivity contribution < 1.29 is 9.70 Å². The third-order valence-corrected chi connectivity index (χ3v) is 0. The van der Waals surface area contributed by atoms with E-state index < -0.39 is 8.32 Å². The Kier molecular flexibility index (Phi) is 6.55. The fourth-order valence-corrected chi connectivity index (χ4v) is 0. The van der Waals surface area contributed by atoms with Gasteiger partial charge in [-0.2, -0.15) is 0 Å². The summed E-state index contributed by atoms with van der Waals surface area (Å²) in [6, 6.07) is 0. The van der Waals surface area contributed by atoms with Gasteiger partial charge in [-0.1, -0.05) is 28.0 Å². The minimum absolute atomic E-state index is 1.42. The molecule has 0 heterocycles. The first-order valence-corrected chi connectivity index (χ1v) is 6.61. The van der Waals surface area contributed by atoms with Crippen molar-refractivity contribution in [1.82, 2.24) is 0 Å². The van der Waals surface area contributed by atoms with E-state index in [1.54, 1.807) is 19.6 Å². The van der Waals surface area contributed by atoms with Crippen molar-refractivity contribution in [2.45, 2.75) is 19.6 Å². The van der Waals surface area contributed by atoms with Gasteiger partial charge in [0.2, 0.25) is 0 Å². The largest absolute Gasteiger partial charge is 0.859 e. The topological polar surface area (TPSA) is 27.5 Å². The van der Waals surface area contributed by atoms with Crippen LogP contribution in [-0.2, 0) is 0 Å². The van der Waals surface area contributed by atoms with Gasteiger partial charge in [0.15, 0.2) is 0 Å². The van der Waals surface area contributed by atoms with Gasteiger partial charge in [0, 0.05) is 0 Å². The Bertz CT molecular complexity index is 49.8. The lowest BCUT2D eigenvalue weighted by Crippen LogP contribution is -3.02. The van der Waals surface area contributed by atoms with E-state index >= 15 is 0 Å². The molecule has 0 bridgehead atoms. The van der Waals surface area contributed by atoms with Crippen molar-refractivity contribution in [2.75, 3.05) is 21.1 Å². The molecule has 0 unspecified atom stereocenters. The molecule has 9 heavy (non-hydrogen) atoms. The molecule has 0 saturated heterocycles. The van der Waals surface area contributed by atoms with E-state index in [2.05, 4.69) is 21.1 Å². The van der Waals surface area contributed by atoms with Crippen LogP contribution < -0.4 is 9.70 Å². The maximum atomic E-state index is 10.2.